The molecule has 1 heterocycles. The highest BCUT2D eigenvalue weighted by atomic mass is 16.5. The van der Waals surface area contributed by atoms with E-state index in [-0.39, 0.29) is 29.8 Å². The van der Waals surface area contributed by atoms with E-state index in [0.29, 0.717) is 19.6 Å². The number of hydrogen-bond donors (Lipinski definition) is 2. The zero-order valence-electron chi connectivity index (χ0n) is 16.2. The Hall–Kier alpha value is -2.24. The number of rotatable bonds is 7. The van der Waals surface area contributed by atoms with Crippen LogP contribution in [-0.4, -0.2) is 49.6 Å². The van der Waals surface area contributed by atoms with Crippen LogP contribution >= 0.6 is 0 Å². The van der Waals surface area contributed by atoms with Gasteiger partial charge < -0.3 is 20.3 Å². The quantitative estimate of drug-likeness (QED) is 0.734. The predicted octanol–water partition coefficient (Wildman–Crippen LogP) is 2.74. The number of hydrogen-bond acceptors (Lipinski definition) is 3. The van der Waals surface area contributed by atoms with Crippen molar-refractivity contribution in [1.82, 2.24) is 15.5 Å². The molecule has 144 valence electrons. The third kappa shape index (κ3) is 5.13. The van der Waals surface area contributed by atoms with Gasteiger partial charge in [0.05, 0.1) is 13.0 Å². The number of amides is 3. The summed E-state index contributed by atoms with van der Waals surface area (Å²) in [7, 11) is 1.63. The second-order valence-electron chi connectivity index (χ2n) is 7.14. The molecule has 3 amide bonds. The second-order valence-corrected chi connectivity index (χ2v) is 7.14. The Labute approximate surface area is 156 Å². The zero-order valence-corrected chi connectivity index (χ0v) is 16.2. The highest BCUT2D eigenvalue weighted by Crippen LogP contribution is 2.33. The third-order valence-corrected chi connectivity index (χ3v) is 4.73. The molecule has 6 heteroatoms. The Balaban J connectivity index is 2.16. The number of carbonyl (C=O) groups is 2. The first kappa shape index (κ1) is 20.1. The molecule has 0 bridgehead atoms. The normalized spacial score (nSPS) is 19.5. The number of nitrogens with one attached hydrogen (secondary N) is 2. The maximum atomic E-state index is 12.7. The van der Waals surface area contributed by atoms with Crippen LogP contribution in [0.25, 0.3) is 0 Å². The van der Waals surface area contributed by atoms with Crippen molar-refractivity contribution in [3.8, 4) is 5.75 Å². The molecule has 1 saturated heterocycles. The van der Waals surface area contributed by atoms with Gasteiger partial charge in [0.2, 0.25) is 5.91 Å². The molecule has 0 aliphatic carbocycles. The summed E-state index contributed by atoms with van der Waals surface area (Å²) in [5, 5.41) is 5.95. The van der Waals surface area contributed by atoms with Gasteiger partial charge in [0.25, 0.3) is 0 Å². The fourth-order valence-electron chi connectivity index (χ4n) is 3.28. The fourth-order valence-corrected chi connectivity index (χ4v) is 3.28. The van der Waals surface area contributed by atoms with Crippen molar-refractivity contribution in [2.75, 3.05) is 26.7 Å². The van der Waals surface area contributed by atoms with Gasteiger partial charge in [0.15, 0.2) is 0 Å². The van der Waals surface area contributed by atoms with Gasteiger partial charge >= 0.3 is 6.03 Å². The Kier molecular flexibility index (Phi) is 7.30. The standard InChI is InChI=1S/C20H31N3O3/c1-5-6-11-21-19(24)18-13-23(20(25)22-14(2)3)12-17(18)15-7-9-16(26-4)10-8-15/h7-10,14,17-18H,5-6,11-13H2,1-4H3,(H,21,24)(H,22,25). The summed E-state index contributed by atoms with van der Waals surface area (Å²) < 4.78 is 5.22. The molecule has 1 aromatic carbocycles. The van der Waals surface area contributed by atoms with Crippen LogP contribution in [0.3, 0.4) is 0 Å². The van der Waals surface area contributed by atoms with Crippen molar-refractivity contribution in [3.05, 3.63) is 29.8 Å². The monoisotopic (exact) mass is 361 g/mol. The lowest BCUT2D eigenvalue weighted by Gasteiger charge is -2.19. The summed E-state index contributed by atoms with van der Waals surface area (Å²) in [6.07, 6.45) is 2.00. The van der Waals surface area contributed by atoms with Gasteiger partial charge in [-0.05, 0) is 38.0 Å². The number of ether oxygens (including phenoxy) is 1. The van der Waals surface area contributed by atoms with E-state index in [4.69, 9.17) is 4.74 Å². The average molecular weight is 361 g/mol. The topological polar surface area (TPSA) is 70.7 Å². The molecule has 2 N–H and O–H groups in total. The molecular weight excluding hydrogens is 330 g/mol. The van der Waals surface area contributed by atoms with Crippen LogP contribution in [0.1, 0.15) is 45.1 Å². The maximum Gasteiger partial charge on any atom is 0.317 e. The van der Waals surface area contributed by atoms with Crippen LogP contribution in [-0.2, 0) is 4.79 Å². The van der Waals surface area contributed by atoms with Gasteiger partial charge in [-0.2, -0.15) is 0 Å². The highest BCUT2D eigenvalue weighted by Gasteiger charge is 2.40. The van der Waals surface area contributed by atoms with Crippen molar-refractivity contribution in [1.29, 1.82) is 0 Å². The fraction of sp³-hybridized carbons (Fsp3) is 0.600. The van der Waals surface area contributed by atoms with Gasteiger partial charge in [-0.3, -0.25) is 4.79 Å². The largest absolute Gasteiger partial charge is 0.497 e. The van der Waals surface area contributed by atoms with Gasteiger partial charge in [-0.1, -0.05) is 25.5 Å². The lowest BCUT2D eigenvalue weighted by molar-refractivity contribution is -0.124. The van der Waals surface area contributed by atoms with Crippen molar-refractivity contribution in [3.63, 3.8) is 0 Å². The molecule has 0 aromatic heterocycles. The molecule has 6 nitrogen and oxygen atoms in total. The number of methoxy groups -OCH3 is 1. The molecule has 1 aliphatic heterocycles. The first-order chi connectivity index (χ1) is 12.5. The molecular formula is C20H31N3O3. The molecule has 0 radical (unpaired) electrons. The summed E-state index contributed by atoms with van der Waals surface area (Å²) in [6, 6.07) is 7.73. The van der Waals surface area contributed by atoms with Crippen molar-refractivity contribution in [2.24, 2.45) is 5.92 Å². The Morgan fingerprint density at radius 3 is 2.50 bits per heavy atom. The van der Waals surface area contributed by atoms with Crippen LogP contribution < -0.4 is 15.4 Å². The molecule has 2 rings (SSSR count). The number of likely N-dealkylation sites (tertiary alicyclic amines) is 1. The molecule has 1 fully saturated rings. The van der Waals surface area contributed by atoms with E-state index < -0.39 is 0 Å². The lowest BCUT2D eigenvalue weighted by Crippen LogP contribution is -2.42. The lowest BCUT2D eigenvalue weighted by atomic mass is 9.88. The summed E-state index contributed by atoms with van der Waals surface area (Å²) in [5.41, 5.74) is 1.06. The van der Waals surface area contributed by atoms with Crippen molar-refractivity contribution in [2.45, 2.75) is 45.6 Å². The molecule has 26 heavy (non-hydrogen) atoms. The van der Waals surface area contributed by atoms with E-state index in [9.17, 15) is 9.59 Å². The number of carbonyl (C=O) groups excluding carboxylic acids is 2. The predicted molar refractivity (Wildman–Crippen MR) is 102 cm³/mol. The molecule has 2 atom stereocenters. The molecule has 0 spiro atoms. The summed E-state index contributed by atoms with van der Waals surface area (Å²) in [5.74, 6) is 0.558. The first-order valence-electron chi connectivity index (χ1n) is 9.43. The van der Waals surface area contributed by atoms with E-state index in [1.54, 1.807) is 12.0 Å². The summed E-state index contributed by atoms with van der Waals surface area (Å²) in [6.45, 7) is 7.62. The smallest absolute Gasteiger partial charge is 0.317 e. The Morgan fingerprint density at radius 2 is 1.92 bits per heavy atom. The Bertz CT molecular complexity index is 601. The van der Waals surface area contributed by atoms with Crippen LogP contribution in [0.5, 0.6) is 5.75 Å². The van der Waals surface area contributed by atoms with Crippen LogP contribution in [0.2, 0.25) is 0 Å². The van der Waals surface area contributed by atoms with E-state index in [1.807, 2.05) is 38.1 Å². The van der Waals surface area contributed by atoms with E-state index >= 15 is 0 Å². The van der Waals surface area contributed by atoms with Crippen molar-refractivity contribution >= 4 is 11.9 Å². The number of urea groups is 1. The second kappa shape index (κ2) is 9.46. The first-order valence-corrected chi connectivity index (χ1v) is 9.43. The highest BCUT2D eigenvalue weighted by molar-refractivity contribution is 5.83. The van der Waals surface area contributed by atoms with Crippen molar-refractivity contribution < 1.29 is 14.3 Å². The number of unbranched alkanes of at least 4 members (excludes halogenated alkanes) is 1. The third-order valence-electron chi connectivity index (χ3n) is 4.73. The minimum atomic E-state index is -0.238. The minimum Gasteiger partial charge on any atom is -0.497 e. The zero-order chi connectivity index (χ0) is 19.1. The summed E-state index contributed by atoms with van der Waals surface area (Å²) in [4.78, 5) is 26.9. The van der Waals surface area contributed by atoms with E-state index in [2.05, 4.69) is 17.6 Å². The molecule has 1 aliphatic rings. The number of nitrogens with zero attached hydrogens (tertiary/aromatic N) is 1. The maximum absolute atomic E-state index is 12.7. The molecule has 2 unspecified atom stereocenters. The molecule has 1 aromatic rings. The van der Waals surface area contributed by atoms with Crippen LogP contribution in [0, 0.1) is 5.92 Å². The average Bonchev–Trinajstić information content (AvgIpc) is 3.07. The van der Waals surface area contributed by atoms with Gasteiger partial charge in [0, 0.05) is 31.6 Å². The van der Waals surface area contributed by atoms with Gasteiger partial charge in [-0.15, -0.1) is 0 Å². The molecule has 0 saturated carbocycles. The Morgan fingerprint density at radius 1 is 1.23 bits per heavy atom. The summed E-state index contributed by atoms with van der Waals surface area (Å²) >= 11 is 0. The number of benzene rings is 1. The van der Waals surface area contributed by atoms with Gasteiger partial charge in [-0.25, -0.2) is 4.79 Å². The minimum absolute atomic E-state index is 0.0135. The van der Waals surface area contributed by atoms with Gasteiger partial charge in [0.1, 0.15) is 5.75 Å². The van der Waals surface area contributed by atoms with Crippen LogP contribution in [0.15, 0.2) is 24.3 Å². The van der Waals surface area contributed by atoms with Crippen LogP contribution in [0.4, 0.5) is 4.79 Å². The van der Waals surface area contributed by atoms with E-state index in [1.165, 1.54) is 0 Å². The SMILES string of the molecule is CCCCNC(=O)C1CN(C(=O)NC(C)C)CC1c1ccc(OC)cc1. The van der Waals surface area contributed by atoms with E-state index in [0.717, 1.165) is 24.2 Å².